The van der Waals surface area contributed by atoms with Crippen molar-refractivity contribution in [2.24, 2.45) is 0 Å². The summed E-state index contributed by atoms with van der Waals surface area (Å²) in [6, 6.07) is 19.9. The molecule has 1 atom stereocenters. The maximum atomic E-state index is 5.45. The summed E-state index contributed by atoms with van der Waals surface area (Å²) in [4.78, 5) is 7.22. The van der Waals surface area contributed by atoms with Gasteiger partial charge in [0.05, 0.1) is 24.8 Å². The summed E-state index contributed by atoms with van der Waals surface area (Å²) in [6.45, 7) is 3.53. The number of hydrogen-bond acceptors (Lipinski definition) is 4. The van der Waals surface area contributed by atoms with E-state index in [4.69, 9.17) is 9.72 Å². The van der Waals surface area contributed by atoms with Crippen molar-refractivity contribution in [3.8, 4) is 0 Å². The van der Waals surface area contributed by atoms with Crippen LogP contribution in [0.15, 0.2) is 54.6 Å². The van der Waals surface area contributed by atoms with Gasteiger partial charge in [-0.1, -0.05) is 24.3 Å². The molecule has 0 amide bonds. The van der Waals surface area contributed by atoms with Gasteiger partial charge >= 0.3 is 0 Å². The molecular weight excluding hydrogens is 322 g/mol. The number of nitrogens with zero attached hydrogens (tertiary/aromatic N) is 2. The van der Waals surface area contributed by atoms with Crippen LogP contribution in [0.2, 0.25) is 0 Å². The number of fused-ring (bicyclic) bond motifs is 2. The van der Waals surface area contributed by atoms with Crippen molar-refractivity contribution in [2.45, 2.75) is 18.9 Å². The largest absolute Gasteiger partial charge is 0.378 e. The predicted octanol–water partition coefficient (Wildman–Crippen LogP) is 4.17. The molecule has 2 heterocycles. The molecule has 0 unspecified atom stereocenters. The highest BCUT2D eigenvalue weighted by atomic mass is 16.5. The molecular formula is C22H23N3O. The summed E-state index contributed by atoms with van der Waals surface area (Å²) in [6.07, 6.45) is 2.28. The predicted molar refractivity (Wildman–Crippen MR) is 106 cm³/mol. The van der Waals surface area contributed by atoms with Gasteiger partial charge in [-0.25, -0.2) is 4.98 Å². The van der Waals surface area contributed by atoms with Gasteiger partial charge in [0.1, 0.15) is 5.82 Å². The highest BCUT2D eigenvalue weighted by Gasteiger charge is 2.22. The summed E-state index contributed by atoms with van der Waals surface area (Å²) in [5, 5.41) is 4.82. The number of aromatic nitrogens is 1. The third-order valence-electron chi connectivity index (χ3n) is 5.50. The normalized spacial score (nSPS) is 19.5. The minimum atomic E-state index is 0.365. The average molecular weight is 345 g/mol. The fourth-order valence-corrected chi connectivity index (χ4v) is 4.10. The number of hydrogen-bond donors (Lipinski definition) is 1. The molecule has 1 saturated heterocycles. The van der Waals surface area contributed by atoms with Crippen LogP contribution >= 0.6 is 0 Å². The highest BCUT2D eigenvalue weighted by molar-refractivity contribution is 5.84. The van der Waals surface area contributed by atoms with E-state index in [1.54, 1.807) is 0 Å². The first-order valence-corrected chi connectivity index (χ1v) is 9.45. The first kappa shape index (κ1) is 15.6. The van der Waals surface area contributed by atoms with Crippen LogP contribution in [-0.4, -0.2) is 31.3 Å². The standard InChI is InChI=1S/C22H23N3O/c1-2-4-19-16(3-1)5-8-21(19)24-22-10-6-17-15-18(7-9-20(17)23-22)25-11-13-26-14-12-25/h1-4,6-7,9-10,15,21H,5,8,11-14H2,(H,23,24)/t21-/m1/s1. The van der Waals surface area contributed by atoms with Gasteiger partial charge < -0.3 is 15.0 Å². The topological polar surface area (TPSA) is 37.4 Å². The van der Waals surface area contributed by atoms with E-state index in [-0.39, 0.29) is 0 Å². The zero-order chi connectivity index (χ0) is 17.3. The first-order chi connectivity index (χ1) is 12.9. The maximum Gasteiger partial charge on any atom is 0.127 e. The van der Waals surface area contributed by atoms with Crippen LogP contribution in [-0.2, 0) is 11.2 Å². The van der Waals surface area contributed by atoms with Gasteiger partial charge in [-0.15, -0.1) is 0 Å². The first-order valence-electron chi connectivity index (χ1n) is 9.45. The Morgan fingerprint density at radius 1 is 1.00 bits per heavy atom. The quantitative estimate of drug-likeness (QED) is 0.773. The van der Waals surface area contributed by atoms with Gasteiger partial charge in [-0.05, 0) is 54.3 Å². The summed E-state index contributed by atoms with van der Waals surface area (Å²) in [5.74, 6) is 0.957. The number of nitrogens with one attached hydrogen (secondary N) is 1. The molecule has 5 rings (SSSR count). The van der Waals surface area contributed by atoms with E-state index in [1.807, 2.05) is 0 Å². The molecule has 1 aliphatic carbocycles. The Morgan fingerprint density at radius 3 is 2.81 bits per heavy atom. The van der Waals surface area contributed by atoms with Gasteiger partial charge in [0.15, 0.2) is 0 Å². The molecule has 132 valence electrons. The molecule has 0 saturated carbocycles. The molecule has 2 aromatic carbocycles. The highest BCUT2D eigenvalue weighted by Crippen LogP contribution is 2.33. The second-order valence-corrected chi connectivity index (χ2v) is 7.11. The van der Waals surface area contributed by atoms with E-state index >= 15 is 0 Å². The lowest BCUT2D eigenvalue weighted by atomic mass is 10.1. The molecule has 3 aromatic rings. The number of aryl methyl sites for hydroxylation is 1. The third-order valence-corrected chi connectivity index (χ3v) is 5.50. The van der Waals surface area contributed by atoms with E-state index in [9.17, 15) is 0 Å². The van der Waals surface area contributed by atoms with E-state index in [2.05, 4.69) is 64.8 Å². The van der Waals surface area contributed by atoms with Crippen molar-refractivity contribution in [3.63, 3.8) is 0 Å². The van der Waals surface area contributed by atoms with Crippen LogP contribution < -0.4 is 10.2 Å². The minimum Gasteiger partial charge on any atom is -0.378 e. The van der Waals surface area contributed by atoms with Crippen molar-refractivity contribution >= 4 is 22.4 Å². The maximum absolute atomic E-state index is 5.45. The molecule has 4 heteroatoms. The van der Waals surface area contributed by atoms with Crippen molar-refractivity contribution in [2.75, 3.05) is 36.5 Å². The molecule has 0 radical (unpaired) electrons. The Morgan fingerprint density at radius 2 is 1.88 bits per heavy atom. The van der Waals surface area contributed by atoms with Crippen molar-refractivity contribution in [3.05, 3.63) is 65.7 Å². The summed E-state index contributed by atoms with van der Waals surface area (Å²) < 4.78 is 5.45. The second-order valence-electron chi connectivity index (χ2n) is 7.11. The SMILES string of the molecule is c1ccc2c(c1)CC[C@H]2Nc1ccc2cc(N3CCOCC3)ccc2n1. The van der Waals surface area contributed by atoms with Crippen LogP contribution in [0, 0.1) is 0 Å². The number of benzene rings is 2. The Bertz CT molecular complexity index is 934. The lowest BCUT2D eigenvalue weighted by molar-refractivity contribution is 0.122. The lowest BCUT2D eigenvalue weighted by Gasteiger charge is -2.29. The van der Waals surface area contributed by atoms with Crippen LogP contribution in [0.25, 0.3) is 10.9 Å². The van der Waals surface area contributed by atoms with E-state index in [0.717, 1.165) is 50.5 Å². The summed E-state index contributed by atoms with van der Waals surface area (Å²) in [7, 11) is 0. The number of rotatable bonds is 3. The Labute approximate surface area is 153 Å². The van der Waals surface area contributed by atoms with Crippen LogP contribution in [0.4, 0.5) is 11.5 Å². The zero-order valence-corrected chi connectivity index (χ0v) is 14.8. The van der Waals surface area contributed by atoms with Crippen LogP contribution in [0.3, 0.4) is 0 Å². The van der Waals surface area contributed by atoms with Gasteiger partial charge in [0, 0.05) is 24.2 Å². The molecule has 1 N–H and O–H groups in total. The molecule has 0 spiro atoms. The van der Waals surface area contributed by atoms with Gasteiger partial charge in [0.25, 0.3) is 0 Å². The van der Waals surface area contributed by atoms with Crippen LogP contribution in [0.1, 0.15) is 23.6 Å². The number of morpholine rings is 1. The molecule has 0 bridgehead atoms. The zero-order valence-electron chi connectivity index (χ0n) is 14.8. The molecule has 1 aromatic heterocycles. The van der Waals surface area contributed by atoms with Gasteiger partial charge in [-0.3, -0.25) is 0 Å². The second kappa shape index (κ2) is 6.61. The molecule has 26 heavy (non-hydrogen) atoms. The van der Waals surface area contributed by atoms with E-state index < -0.39 is 0 Å². The van der Waals surface area contributed by atoms with Crippen molar-refractivity contribution in [1.29, 1.82) is 0 Å². The number of pyridine rings is 1. The van der Waals surface area contributed by atoms with Gasteiger partial charge in [0.2, 0.25) is 0 Å². The average Bonchev–Trinajstić information content (AvgIpc) is 3.11. The smallest absolute Gasteiger partial charge is 0.127 e. The van der Waals surface area contributed by atoms with Gasteiger partial charge in [-0.2, -0.15) is 0 Å². The molecule has 2 aliphatic rings. The van der Waals surface area contributed by atoms with Crippen molar-refractivity contribution in [1.82, 2.24) is 4.98 Å². The third kappa shape index (κ3) is 2.90. The Kier molecular flexibility index (Phi) is 3.98. The summed E-state index contributed by atoms with van der Waals surface area (Å²) in [5.41, 5.74) is 5.17. The monoisotopic (exact) mass is 345 g/mol. The van der Waals surface area contributed by atoms with Crippen molar-refractivity contribution < 1.29 is 4.74 Å². The van der Waals surface area contributed by atoms with E-state index in [1.165, 1.54) is 22.2 Å². The Balaban J connectivity index is 1.38. The number of anilines is 2. The fourth-order valence-electron chi connectivity index (χ4n) is 4.10. The minimum absolute atomic E-state index is 0.365. The lowest BCUT2D eigenvalue weighted by Crippen LogP contribution is -2.36. The van der Waals surface area contributed by atoms with Crippen LogP contribution in [0.5, 0.6) is 0 Å². The summed E-state index contributed by atoms with van der Waals surface area (Å²) >= 11 is 0. The molecule has 1 fully saturated rings. The van der Waals surface area contributed by atoms with E-state index in [0.29, 0.717) is 6.04 Å². The molecule has 4 nitrogen and oxygen atoms in total. The molecule has 1 aliphatic heterocycles. The Hall–Kier alpha value is -2.59. The fraction of sp³-hybridized carbons (Fsp3) is 0.318. The number of ether oxygens (including phenoxy) is 1.